The summed E-state index contributed by atoms with van der Waals surface area (Å²) in [4.78, 5) is 34.0. The molecular formula is C15H17NO4. The topological polar surface area (TPSA) is 83.5 Å². The quantitative estimate of drug-likeness (QED) is 0.826. The standard InChI is InChI=1S/C15H17NO4/c1-9(17)10-4-6-13(7-5-10)16-14(18)11-2-3-12(8-11)15(19)20/h4-7,11-12H,2-3,8H2,1H3,(H,16,18)(H,19,20)/t11-,12+/m1/s1. The number of hydrogen-bond acceptors (Lipinski definition) is 3. The molecule has 5 nitrogen and oxygen atoms in total. The number of hydrogen-bond donors (Lipinski definition) is 2. The Morgan fingerprint density at radius 2 is 1.70 bits per heavy atom. The highest BCUT2D eigenvalue weighted by molar-refractivity contribution is 5.96. The first kappa shape index (κ1) is 14.2. The van der Waals surface area contributed by atoms with Gasteiger partial charge in [0.2, 0.25) is 5.91 Å². The zero-order valence-corrected chi connectivity index (χ0v) is 11.3. The minimum Gasteiger partial charge on any atom is -0.481 e. The monoisotopic (exact) mass is 275 g/mol. The van der Waals surface area contributed by atoms with E-state index in [1.54, 1.807) is 24.3 Å². The molecule has 1 aromatic rings. The summed E-state index contributed by atoms with van der Waals surface area (Å²) in [6, 6.07) is 6.68. The fourth-order valence-corrected chi connectivity index (χ4v) is 2.48. The van der Waals surface area contributed by atoms with E-state index < -0.39 is 11.9 Å². The van der Waals surface area contributed by atoms with Crippen LogP contribution in [-0.4, -0.2) is 22.8 Å². The van der Waals surface area contributed by atoms with Crippen molar-refractivity contribution >= 4 is 23.3 Å². The largest absolute Gasteiger partial charge is 0.481 e. The van der Waals surface area contributed by atoms with E-state index in [4.69, 9.17) is 5.11 Å². The zero-order chi connectivity index (χ0) is 14.7. The van der Waals surface area contributed by atoms with Crippen LogP contribution in [0.2, 0.25) is 0 Å². The van der Waals surface area contributed by atoms with Crippen LogP contribution in [0.25, 0.3) is 0 Å². The Bertz CT molecular complexity index is 535. The number of ketones is 1. The summed E-state index contributed by atoms with van der Waals surface area (Å²) in [7, 11) is 0. The number of carboxylic acid groups (broad SMARTS) is 1. The molecule has 1 amide bonds. The predicted octanol–water partition coefficient (Wildman–Crippen LogP) is 2.33. The third-order valence-electron chi connectivity index (χ3n) is 3.71. The summed E-state index contributed by atoms with van der Waals surface area (Å²) < 4.78 is 0. The maximum atomic E-state index is 12.0. The molecule has 5 heteroatoms. The van der Waals surface area contributed by atoms with Crippen LogP contribution >= 0.6 is 0 Å². The van der Waals surface area contributed by atoms with Crippen molar-refractivity contribution in [3.63, 3.8) is 0 Å². The maximum Gasteiger partial charge on any atom is 0.306 e. The molecule has 2 rings (SSSR count). The van der Waals surface area contributed by atoms with Crippen molar-refractivity contribution < 1.29 is 19.5 Å². The number of benzene rings is 1. The van der Waals surface area contributed by atoms with Gasteiger partial charge in [-0.2, -0.15) is 0 Å². The normalized spacial score (nSPS) is 21.4. The number of aliphatic carboxylic acids is 1. The van der Waals surface area contributed by atoms with Crippen molar-refractivity contribution in [1.29, 1.82) is 0 Å². The van der Waals surface area contributed by atoms with E-state index in [1.807, 2.05) is 0 Å². The molecule has 1 aromatic carbocycles. The average molecular weight is 275 g/mol. The lowest BCUT2D eigenvalue weighted by atomic mass is 10.0. The smallest absolute Gasteiger partial charge is 0.306 e. The molecule has 0 spiro atoms. The number of anilines is 1. The highest BCUT2D eigenvalue weighted by atomic mass is 16.4. The number of carboxylic acids is 1. The maximum absolute atomic E-state index is 12.0. The Morgan fingerprint density at radius 1 is 1.10 bits per heavy atom. The van der Waals surface area contributed by atoms with Gasteiger partial charge in [0.05, 0.1) is 5.92 Å². The summed E-state index contributed by atoms with van der Waals surface area (Å²) in [6.45, 7) is 1.48. The van der Waals surface area contributed by atoms with Crippen molar-refractivity contribution in [2.75, 3.05) is 5.32 Å². The molecule has 2 atom stereocenters. The molecule has 1 aliphatic carbocycles. The fraction of sp³-hybridized carbons (Fsp3) is 0.400. The summed E-state index contributed by atoms with van der Waals surface area (Å²) in [5, 5.41) is 11.7. The first-order valence-electron chi connectivity index (χ1n) is 6.62. The van der Waals surface area contributed by atoms with Gasteiger partial charge in [0.15, 0.2) is 5.78 Å². The van der Waals surface area contributed by atoms with E-state index in [9.17, 15) is 14.4 Å². The summed E-state index contributed by atoms with van der Waals surface area (Å²) >= 11 is 0. The van der Waals surface area contributed by atoms with Gasteiger partial charge in [-0.05, 0) is 50.5 Å². The van der Waals surface area contributed by atoms with Crippen LogP contribution in [0, 0.1) is 11.8 Å². The molecule has 106 valence electrons. The molecule has 0 aliphatic heterocycles. The van der Waals surface area contributed by atoms with Crippen LogP contribution in [0.3, 0.4) is 0 Å². The Morgan fingerprint density at radius 3 is 2.20 bits per heavy atom. The number of nitrogens with one attached hydrogen (secondary N) is 1. The van der Waals surface area contributed by atoms with Gasteiger partial charge >= 0.3 is 5.97 Å². The van der Waals surface area contributed by atoms with Gasteiger partial charge in [0.1, 0.15) is 0 Å². The molecule has 2 N–H and O–H groups in total. The second-order valence-corrected chi connectivity index (χ2v) is 5.17. The van der Waals surface area contributed by atoms with Crippen LogP contribution in [0.5, 0.6) is 0 Å². The van der Waals surface area contributed by atoms with Crippen molar-refractivity contribution in [3.8, 4) is 0 Å². The second-order valence-electron chi connectivity index (χ2n) is 5.17. The van der Waals surface area contributed by atoms with E-state index >= 15 is 0 Å². The number of rotatable bonds is 4. The van der Waals surface area contributed by atoms with Crippen LogP contribution < -0.4 is 5.32 Å². The fourth-order valence-electron chi connectivity index (χ4n) is 2.48. The van der Waals surface area contributed by atoms with Gasteiger partial charge in [-0.1, -0.05) is 0 Å². The molecule has 0 aromatic heterocycles. The first-order chi connectivity index (χ1) is 9.47. The molecule has 1 saturated carbocycles. The zero-order valence-electron chi connectivity index (χ0n) is 11.3. The first-order valence-corrected chi connectivity index (χ1v) is 6.62. The Hall–Kier alpha value is -2.17. The lowest BCUT2D eigenvalue weighted by Crippen LogP contribution is -2.21. The minimum atomic E-state index is -0.828. The van der Waals surface area contributed by atoms with Crippen LogP contribution in [-0.2, 0) is 9.59 Å². The van der Waals surface area contributed by atoms with Crippen LogP contribution in [0.15, 0.2) is 24.3 Å². The summed E-state index contributed by atoms with van der Waals surface area (Å²) in [6.07, 6.45) is 1.55. The van der Waals surface area contributed by atoms with E-state index in [-0.39, 0.29) is 17.6 Å². The molecule has 0 radical (unpaired) electrons. The van der Waals surface area contributed by atoms with Crippen molar-refractivity contribution in [2.45, 2.75) is 26.2 Å². The highest BCUT2D eigenvalue weighted by Gasteiger charge is 2.33. The molecule has 1 aliphatic rings. The third kappa shape index (κ3) is 3.23. The lowest BCUT2D eigenvalue weighted by molar-refractivity contribution is -0.141. The average Bonchev–Trinajstić information content (AvgIpc) is 2.89. The molecule has 0 bridgehead atoms. The molecular weight excluding hydrogens is 258 g/mol. The minimum absolute atomic E-state index is 0.0250. The van der Waals surface area contributed by atoms with Crippen molar-refractivity contribution in [1.82, 2.24) is 0 Å². The van der Waals surface area contributed by atoms with E-state index in [0.717, 1.165) is 0 Å². The Labute approximate surface area is 117 Å². The highest BCUT2D eigenvalue weighted by Crippen LogP contribution is 2.31. The number of carbonyl (C=O) groups excluding carboxylic acids is 2. The van der Waals surface area contributed by atoms with E-state index in [2.05, 4.69) is 5.32 Å². The second kappa shape index (κ2) is 5.86. The Kier molecular flexibility index (Phi) is 4.17. The molecule has 0 unspecified atom stereocenters. The lowest BCUT2D eigenvalue weighted by Gasteiger charge is -2.11. The summed E-state index contributed by atoms with van der Waals surface area (Å²) in [5.41, 5.74) is 1.22. The SMILES string of the molecule is CC(=O)c1ccc(NC(=O)[C@@H]2CC[C@H](C(=O)O)C2)cc1. The number of carbonyl (C=O) groups is 3. The Balaban J connectivity index is 1.95. The van der Waals surface area contributed by atoms with Crippen molar-refractivity contribution in [2.24, 2.45) is 11.8 Å². The molecule has 20 heavy (non-hydrogen) atoms. The predicted molar refractivity (Wildman–Crippen MR) is 73.5 cm³/mol. The van der Waals surface area contributed by atoms with E-state index in [0.29, 0.717) is 30.5 Å². The van der Waals surface area contributed by atoms with Crippen molar-refractivity contribution in [3.05, 3.63) is 29.8 Å². The summed E-state index contributed by atoms with van der Waals surface area (Å²) in [5.74, 6) is -1.66. The molecule has 1 fully saturated rings. The third-order valence-corrected chi connectivity index (χ3v) is 3.71. The van der Waals surface area contributed by atoms with Gasteiger partial charge in [-0.25, -0.2) is 0 Å². The molecule has 0 heterocycles. The van der Waals surface area contributed by atoms with Crippen LogP contribution in [0.4, 0.5) is 5.69 Å². The molecule has 0 saturated heterocycles. The van der Waals surface area contributed by atoms with E-state index in [1.165, 1.54) is 6.92 Å². The number of amides is 1. The van der Waals surface area contributed by atoms with Crippen LogP contribution in [0.1, 0.15) is 36.5 Å². The number of Topliss-reactive ketones (excluding diaryl/α,β-unsaturated/α-hetero) is 1. The van der Waals surface area contributed by atoms with Gasteiger partial charge in [0, 0.05) is 17.2 Å². The van der Waals surface area contributed by atoms with Gasteiger partial charge in [-0.15, -0.1) is 0 Å². The van der Waals surface area contributed by atoms with Gasteiger partial charge in [0.25, 0.3) is 0 Å². The van der Waals surface area contributed by atoms with Gasteiger partial charge in [-0.3, -0.25) is 14.4 Å². The van der Waals surface area contributed by atoms with Gasteiger partial charge < -0.3 is 10.4 Å².